The second kappa shape index (κ2) is 4.79. The van der Waals surface area contributed by atoms with Crippen molar-refractivity contribution in [3.8, 4) is 11.4 Å². The van der Waals surface area contributed by atoms with Gasteiger partial charge in [0.25, 0.3) is 5.56 Å². The van der Waals surface area contributed by atoms with Crippen LogP contribution in [0, 0.1) is 4.77 Å². The Morgan fingerprint density at radius 3 is 2.52 bits per heavy atom. The molecule has 0 fully saturated rings. The van der Waals surface area contributed by atoms with Crippen molar-refractivity contribution in [1.29, 1.82) is 0 Å². The summed E-state index contributed by atoms with van der Waals surface area (Å²) < 4.78 is 7.84. The molecule has 0 atom stereocenters. The molecule has 2 heterocycles. The van der Waals surface area contributed by atoms with Crippen LogP contribution in [0.2, 0.25) is 0 Å². The lowest BCUT2D eigenvalue weighted by molar-refractivity contribution is 0.414. The van der Waals surface area contributed by atoms with Crippen LogP contribution in [0.4, 0.5) is 0 Å². The van der Waals surface area contributed by atoms with Crippen molar-refractivity contribution in [2.24, 2.45) is 0 Å². The molecule has 4 aromatic rings. The monoisotopic (exact) mass is 325 g/mol. The number of nitrogens with one attached hydrogen (secondary N) is 1. The molecule has 4 rings (SSSR count). The van der Waals surface area contributed by atoms with Crippen LogP contribution in [0.25, 0.3) is 22.1 Å². The zero-order valence-electron chi connectivity index (χ0n) is 12.1. The van der Waals surface area contributed by atoms with Gasteiger partial charge in [-0.1, -0.05) is 6.07 Å². The van der Waals surface area contributed by atoms with Crippen LogP contribution in [-0.4, -0.2) is 21.1 Å². The van der Waals surface area contributed by atoms with E-state index < -0.39 is 5.69 Å². The summed E-state index contributed by atoms with van der Waals surface area (Å²) in [6, 6.07) is 11.9. The number of aromatic amines is 1. The summed E-state index contributed by atoms with van der Waals surface area (Å²) in [4.78, 5) is 28.5. The summed E-state index contributed by atoms with van der Waals surface area (Å²) in [6.07, 6.45) is 0. The third kappa shape index (κ3) is 1.83. The van der Waals surface area contributed by atoms with E-state index in [1.165, 1.54) is 4.40 Å². The number of hydrogen-bond donors (Lipinski definition) is 1. The molecule has 114 valence electrons. The number of imidazole rings is 1. The van der Waals surface area contributed by atoms with Gasteiger partial charge in [0.1, 0.15) is 5.75 Å². The van der Waals surface area contributed by atoms with E-state index in [2.05, 4.69) is 4.98 Å². The molecule has 2 aromatic heterocycles. The first kappa shape index (κ1) is 13.7. The van der Waals surface area contributed by atoms with Crippen molar-refractivity contribution in [3.05, 3.63) is 68.1 Å². The standard InChI is InChI=1S/C16H11N3O3S/c1-22-10-7-5-9(6-8-10)18-14(20)11-3-2-4-12-13(11)19(16(18)21)15(23)17-12/h2-8H,1H3,(H,17,23). The molecule has 0 unspecified atom stereocenters. The number of rotatable bonds is 2. The van der Waals surface area contributed by atoms with Crippen LogP contribution in [0.3, 0.4) is 0 Å². The number of hydrogen-bond acceptors (Lipinski definition) is 4. The van der Waals surface area contributed by atoms with Gasteiger partial charge < -0.3 is 9.72 Å². The van der Waals surface area contributed by atoms with Crippen LogP contribution in [-0.2, 0) is 0 Å². The van der Waals surface area contributed by atoms with Gasteiger partial charge in [0.2, 0.25) is 0 Å². The van der Waals surface area contributed by atoms with E-state index in [4.69, 9.17) is 17.0 Å². The molecule has 0 saturated heterocycles. The van der Waals surface area contributed by atoms with Gasteiger partial charge in [0.15, 0.2) is 4.77 Å². The van der Waals surface area contributed by atoms with Crippen molar-refractivity contribution in [2.75, 3.05) is 7.11 Å². The van der Waals surface area contributed by atoms with Gasteiger partial charge in [-0.2, -0.15) is 0 Å². The predicted octanol–water partition coefficient (Wildman–Crippen LogP) is 2.11. The van der Waals surface area contributed by atoms with E-state index in [1.807, 2.05) is 0 Å². The fourth-order valence-electron chi connectivity index (χ4n) is 2.78. The zero-order valence-corrected chi connectivity index (χ0v) is 12.9. The highest BCUT2D eigenvalue weighted by Crippen LogP contribution is 2.18. The maximum absolute atomic E-state index is 12.8. The Morgan fingerprint density at radius 1 is 1.09 bits per heavy atom. The van der Waals surface area contributed by atoms with E-state index in [0.717, 1.165) is 4.57 Å². The van der Waals surface area contributed by atoms with Gasteiger partial charge in [0.05, 0.1) is 29.2 Å². The Balaban J connectivity index is 2.19. The molecule has 0 saturated carbocycles. The number of methoxy groups -OCH3 is 1. The summed E-state index contributed by atoms with van der Waals surface area (Å²) in [7, 11) is 1.55. The highest BCUT2D eigenvalue weighted by Gasteiger charge is 2.16. The Labute approximate surface area is 134 Å². The Kier molecular flexibility index (Phi) is 2.85. The smallest absolute Gasteiger partial charge is 0.342 e. The van der Waals surface area contributed by atoms with Gasteiger partial charge in [-0.05, 0) is 48.6 Å². The van der Waals surface area contributed by atoms with Crippen LogP contribution in [0.15, 0.2) is 52.1 Å². The predicted molar refractivity (Wildman–Crippen MR) is 89.7 cm³/mol. The third-order valence-electron chi connectivity index (χ3n) is 3.85. The normalized spacial score (nSPS) is 11.3. The number of para-hydroxylation sites is 1. The van der Waals surface area contributed by atoms with E-state index >= 15 is 0 Å². The summed E-state index contributed by atoms with van der Waals surface area (Å²) in [5, 5.41) is 0.435. The average Bonchev–Trinajstić information content (AvgIpc) is 2.90. The van der Waals surface area contributed by atoms with Crippen LogP contribution in [0.1, 0.15) is 0 Å². The van der Waals surface area contributed by atoms with Crippen molar-refractivity contribution >= 4 is 28.6 Å². The number of H-pyrrole nitrogens is 1. The molecular formula is C16H11N3O3S. The lowest BCUT2D eigenvalue weighted by atomic mass is 10.2. The van der Waals surface area contributed by atoms with E-state index in [9.17, 15) is 9.59 Å². The highest BCUT2D eigenvalue weighted by atomic mass is 32.1. The molecule has 0 radical (unpaired) electrons. The van der Waals surface area contributed by atoms with Gasteiger partial charge in [-0.3, -0.25) is 4.79 Å². The second-order valence-electron chi connectivity index (χ2n) is 5.09. The molecule has 0 bridgehead atoms. The first-order chi connectivity index (χ1) is 11.1. The van der Waals surface area contributed by atoms with E-state index in [-0.39, 0.29) is 10.3 Å². The Morgan fingerprint density at radius 2 is 1.83 bits per heavy atom. The molecule has 7 heteroatoms. The summed E-state index contributed by atoms with van der Waals surface area (Å²) in [5.41, 5.74) is 0.794. The number of nitrogens with zero attached hydrogens (tertiary/aromatic N) is 2. The van der Waals surface area contributed by atoms with Gasteiger partial charge in [0, 0.05) is 0 Å². The van der Waals surface area contributed by atoms with Gasteiger partial charge >= 0.3 is 5.69 Å². The maximum Gasteiger partial charge on any atom is 0.342 e. The quantitative estimate of drug-likeness (QED) is 0.573. The minimum atomic E-state index is -0.491. The van der Waals surface area contributed by atoms with Gasteiger partial charge in [-0.25, -0.2) is 13.8 Å². The van der Waals surface area contributed by atoms with E-state index in [0.29, 0.717) is 27.9 Å². The first-order valence-electron chi connectivity index (χ1n) is 6.88. The van der Waals surface area contributed by atoms with Crippen molar-refractivity contribution in [2.45, 2.75) is 0 Å². The summed E-state index contributed by atoms with van der Waals surface area (Å²) >= 11 is 5.23. The zero-order chi connectivity index (χ0) is 16.1. The van der Waals surface area contributed by atoms with Crippen LogP contribution < -0.4 is 16.0 Å². The SMILES string of the molecule is COc1ccc(-n2c(=O)c3cccc4[nH]c(=S)n(c2=O)c43)cc1. The van der Waals surface area contributed by atoms with Gasteiger partial charge in [-0.15, -0.1) is 0 Å². The molecule has 0 amide bonds. The molecule has 23 heavy (non-hydrogen) atoms. The highest BCUT2D eigenvalue weighted by molar-refractivity contribution is 7.71. The number of benzene rings is 2. The molecule has 0 aliphatic heterocycles. The topological polar surface area (TPSA) is 68.5 Å². The molecule has 0 aliphatic carbocycles. The molecule has 1 N–H and O–H groups in total. The van der Waals surface area contributed by atoms with E-state index in [1.54, 1.807) is 49.6 Å². The largest absolute Gasteiger partial charge is 0.497 e. The second-order valence-corrected chi connectivity index (χ2v) is 5.48. The Hall–Kier alpha value is -2.93. The fraction of sp³-hybridized carbons (Fsp3) is 0.0625. The minimum absolute atomic E-state index is 0.267. The van der Waals surface area contributed by atoms with Crippen LogP contribution >= 0.6 is 12.2 Å². The van der Waals surface area contributed by atoms with Crippen molar-refractivity contribution < 1.29 is 4.74 Å². The first-order valence-corrected chi connectivity index (χ1v) is 7.29. The lowest BCUT2D eigenvalue weighted by Gasteiger charge is -2.08. The molecular weight excluding hydrogens is 314 g/mol. The molecule has 2 aromatic carbocycles. The average molecular weight is 325 g/mol. The van der Waals surface area contributed by atoms with Crippen molar-refractivity contribution in [3.63, 3.8) is 0 Å². The lowest BCUT2D eigenvalue weighted by Crippen LogP contribution is -2.36. The maximum atomic E-state index is 12.8. The van der Waals surface area contributed by atoms with Crippen molar-refractivity contribution in [1.82, 2.24) is 14.0 Å². The Bertz CT molecular complexity index is 1200. The molecule has 0 spiro atoms. The number of ether oxygens (including phenoxy) is 1. The molecule has 6 nitrogen and oxygen atoms in total. The van der Waals surface area contributed by atoms with Crippen LogP contribution in [0.5, 0.6) is 5.75 Å². The summed E-state index contributed by atoms with van der Waals surface area (Å²) in [6.45, 7) is 0. The minimum Gasteiger partial charge on any atom is -0.497 e. The molecule has 0 aliphatic rings. The summed E-state index contributed by atoms with van der Waals surface area (Å²) in [5.74, 6) is 0.645. The fourth-order valence-corrected chi connectivity index (χ4v) is 3.06. The number of aromatic nitrogens is 3. The third-order valence-corrected chi connectivity index (χ3v) is 4.14.